The van der Waals surface area contributed by atoms with E-state index < -0.39 is 0 Å². The standard InChI is InChI=1S/C13H16N4O/c1-9-15-12(8-13(18)16-9)17-11-4-2-10(3-5-11)6-7-14/h2-5,8H,6-7,14H2,1H3,(H2,15,16,17,18). The molecule has 0 atom stereocenters. The summed E-state index contributed by atoms with van der Waals surface area (Å²) >= 11 is 0. The van der Waals surface area contributed by atoms with Crippen LogP contribution in [0.1, 0.15) is 11.4 Å². The van der Waals surface area contributed by atoms with Gasteiger partial charge in [0.2, 0.25) is 0 Å². The lowest BCUT2D eigenvalue weighted by atomic mass is 10.1. The lowest BCUT2D eigenvalue weighted by Gasteiger charge is -2.06. The van der Waals surface area contributed by atoms with E-state index in [0.29, 0.717) is 18.2 Å². The minimum atomic E-state index is -0.162. The Labute approximate surface area is 105 Å². The van der Waals surface area contributed by atoms with Gasteiger partial charge >= 0.3 is 0 Å². The largest absolute Gasteiger partial charge is 0.340 e. The molecule has 0 saturated heterocycles. The highest BCUT2D eigenvalue weighted by molar-refractivity contribution is 5.56. The van der Waals surface area contributed by atoms with Gasteiger partial charge in [-0.1, -0.05) is 12.1 Å². The molecule has 2 rings (SSSR count). The molecule has 0 radical (unpaired) electrons. The molecule has 4 N–H and O–H groups in total. The predicted molar refractivity (Wildman–Crippen MR) is 72.1 cm³/mol. The first-order valence-electron chi connectivity index (χ1n) is 5.81. The van der Waals surface area contributed by atoms with Gasteiger partial charge in [-0.2, -0.15) is 0 Å². The van der Waals surface area contributed by atoms with Gasteiger partial charge in [0, 0.05) is 11.8 Å². The SMILES string of the molecule is Cc1nc(Nc2ccc(CCN)cc2)cc(=O)[nH]1. The van der Waals surface area contributed by atoms with Crippen molar-refractivity contribution in [2.24, 2.45) is 5.73 Å². The van der Waals surface area contributed by atoms with Gasteiger partial charge in [0.1, 0.15) is 11.6 Å². The van der Waals surface area contributed by atoms with E-state index in [1.807, 2.05) is 24.3 Å². The first-order valence-corrected chi connectivity index (χ1v) is 5.81. The fourth-order valence-electron chi connectivity index (χ4n) is 1.71. The molecule has 0 saturated carbocycles. The number of aromatic amines is 1. The van der Waals surface area contributed by atoms with Crippen molar-refractivity contribution >= 4 is 11.5 Å². The van der Waals surface area contributed by atoms with Crippen LogP contribution in [0.4, 0.5) is 11.5 Å². The van der Waals surface area contributed by atoms with E-state index in [-0.39, 0.29) is 5.56 Å². The zero-order chi connectivity index (χ0) is 13.0. The smallest absolute Gasteiger partial charge is 0.252 e. The summed E-state index contributed by atoms with van der Waals surface area (Å²) in [5, 5.41) is 3.09. The van der Waals surface area contributed by atoms with Crippen LogP contribution in [0.3, 0.4) is 0 Å². The highest BCUT2D eigenvalue weighted by Crippen LogP contribution is 2.14. The van der Waals surface area contributed by atoms with E-state index in [1.54, 1.807) is 6.92 Å². The van der Waals surface area contributed by atoms with Crippen molar-refractivity contribution in [2.45, 2.75) is 13.3 Å². The number of H-pyrrole nitrogens is 1. The van der Waals surface area contributed by atoms with Crippen LogP contribution in [0.15, 0.2) is 35.1 Å². The fraction of sp³-hybridized carbons (Fsp3) is 0.231. The second kappa shape index (κ2) is 5.46. The lowest BCUT2D eigenvalue weighted by molar-refractivity contribution is 0.969. The van der Waals surface area contributed by atoms with Gasteiger partial charge in [-0.05, 0) is 37.6 Å². The first-order chi connectivity index (χ1) is 8.67. The summed E-state index contributed by atoms with van der Waals surface area (Å²) < 4.78 is 0. The normalized spacial score (nSPS) is 10.3. The first kappa shape index (κ1) is 12.3. The zero-order valence-corrected chi connectivity index (χ0v) is 10.2. The molecule has 5 nitrogen and oxygen atoms in total. The Morgan fingerprint density at radius 1 is 1.33 bits per heavy atom. The number of hydrogen-bond donors (Lipinski definition) is 3. The summed E-state index contributed by atoms with van der Waals surface area (Å²) in [5.41, 5.74) is 7.42. The summed E-state index contributed by atoms with van der Waals surface area (Å²) in [6.45, 7) is 2.39. The molecular weight excluding hydrogens is 228 g/mol. The molecule has 0 fully saturated rings. The molecule has 94 valence electrons. The molecule has 0 aliphatic carbocycles. The van der Waals surface area contributed by atoms with Crippen LogP contribution in [0.2, 0.25) is 0 Å². The van der Waals surface area contributed by atoms with Crippen LogP contribution in [0.5, 0.6) is 0 Å². The van der Waals surface area contributed by atoms with Gasteiger partial charge in [0.25, 0.3) is 5.56 Å². The topological polar surface area (TPSA) is 83.8 Å². The molecule has 1 aromatic heterocycles. The van der Waals surface area contributed by atoms with Gasteiger partial charge in [0.05, 0.1) is 0 Å². The van der Waals surface area contributed by atoms with E-state index in [1.165, 1.54) is 11.6 Å². The quantitative estimate of drug-likeness (QED) is 0.757. The van der Waals surface area contributed by atoms with Crippen LogP contribution in [-0.2, 0) is 6.42 Å². The molecular formula is C13H16N4O. The molecule has 0 aliphatic rings. The Bertz CT molecular complexity index is 574. The van der Waals surface area contributed by atoms with Gasteiger partial charge < -0.3 is 16.0 Å². The fourth-order valence-corrected chi connectivity index (χ4v) is 1.71. The van der Waals surface area contributed by atoms with Gasteiger partial charge in [-0.25, -0.2) is 4.98 Å². The van der Waals surface area contributed by atoms with E-state index >= 15 is 0 Å². The highest BCUT2D eigenvalue weighted by atomic mass is 16.1. The minimum Gasteiger partial charge on any atom is -0.340 e. The Morgan fingerprint density at radius 3 is 2.67 bits per heavy atom. The number of aryl methyl sites for hydroxylation is 1. The number of nitrogens with zero attached hydrogens (tertiary/aromatic N) is 1. The zero-order valence-electron chi connectivity index (χ0n) is 10.2. The summed E-state index contributed by atoms with van der Waals surface area (Å²) in [6.07, 6.45) is 0.864. The van der Waals surface area contributed by atoms with Crippen molar-refractivity contribution < 1.29 is 0 Å². The van der Waals surface area contributed by atoms with Crippen molar-refractivity contribution in [3.63, 3.8) is 0 Å². The minimum absolute atomic E-state index is 0.162. The van der Waals surface area contributed by atoms with Gasteiger partial charge in [0.15, 0.2) is 0 Å². The second-order valence-electron chi connectivity index (χ2n) is 4.08. The number of aromatic nitrogens is 2. The summed E-state index contributed by atoms with van der Waals surface area (Å²) in [7, 11) is 0. The number of benzene rings is 1. The van der Waals surface area contributed by atoms with E-state index in [0.717, 1.165) is 12.1 Å². The molecule has 0 aliphatic heterocycles. The van der Waals surface area contributed by atoms with Crippen molar-refractivity contribution in [2.75, 3.05) is 11.9 Å². The molecule has 0 amide bonds. The molecule has 2 aromatic rings. The number of rotatable bonds is 4. The van der Waals surface area contributed by atoms with Crippen molar-refractivity contribution in [3.8, 4) is 0 Å². The summed E-state index contributed by atoms with van der Waals surface area (Å²) in [4.78, 5) is 18.1. The maximum Gasteiger partial charge on any atom is 0.252 e. The third-order valence-electron chi connectivity index (χ3n) is 2.52. The van der Waals surface area contributed by atoms with Crippen molar-refractivity contribution in [1.29, 1.82) is 0 Å². The van der Waals surface area contributed by atoms with Crippen LogP contribution >= 0.6 is 0 Å². The molecule has 5 heteroatoms. The number of nitrogens with one attached hydrogen (secondary N) is 2. The molecule has 0 unspecified atom stereocenters. The maximum absolute atomic E-state index is 11.3. The van der Waals surface area contributed by atoms with E-state index in [2.05, 4.69) is 15.3 Å². The number of hydrogen-bond acceptors (Lipinski definition) is 4. The van der Waals surface area contributed by atoms with E-state index in [4.69, 9.17) is 5.73 Å². The number of anilines is 2. The average molecular weight is 244 g/mol. The predicted octanol–water partition coefficient (Wildman–Crippen LogP) is 1.32. The Balaban J connectivity index is 2.15. The molecule has 1 heterocycles. The third kappa shape index (κ3) is 3.18. The monoisotopic (exact) mass is 244 g/mol. The van der Waals surface area contributed by atoms with Gasteiger partial charge in [-0.3, -0.25) is 4.79 Å². The molecule has 1 aromatic carbocycles. The summed E-state index contributed by atoms with van der Waals surface area (Å²) in [5.74, 6) is 1.13. The van der Waals surface area contributed by atoms with Crippen LogP contribution in [0.25, 0.3) is 0 Å². The number of nitrogens with two attached hydrogens (primary N) is 1. The molecule has 0 spiro atoms. The van der Waals surface area contributed by atoms with Crippen molar-refractivity contribution in [1.82, 2.24) is 9.97 Å². The summed E-state index contributed by atoms with van der Waals surface area (Å²) in [6, 6.07) is 9.34. The van der Waals surface area contributed by atoms with Crippen molar-refractivity contribution in [3.05, 3.63) is 52.1 Å². The average Bonchev–Trinajstić information content (AvgIpc) is 2.31. The van der Waals surface area contributed by atoms with Crippen LogP contribution in [0, 0.1) is 6.92 Å². The molecule has 0 bridgehead atoms. The second-order valence-corrected chi connectivity index (χ2v) is 4.08. The molecule has 18 heavy (non-hydrogen) atoms. The highest BCUT2D eigenvalue weighted by Gasteiger charge is 1.99. The van der Waals surface area contributed by atoms with Crippen LogP contribution in [-0.4, -0.2) is 16.5 Å². The maximum atomic E-state index is 11.3. The Hall–Kier alpha value is -2.14. The van der Waals surface area contributed by atoms with Gasteiger partial charge in [-0.15, -0.1) is 0 Å². The Morgan fingerprint density at radius 2 is 2.06 bits per heavy atom. The van der Waals surface area contributed by atoms with Crippen LogP contribution < -0.4 is 16.6 Å². The lowest BCUT2D eigenvalue weighted by Crippen LogP contribution is -2.10. The Kier molecular flexibility index (Phi) is 3.74. The third-order valence-corrected chi connectivity index (χ3v) is 2.52. The van der Waals surface area contributed by atoms with E-state index in [9.17, 15) is 4.79 Å².